The first-order valence-corrected chi connectivity index (χ1v) is 10.3. The molecule has 0 radical (unpaired) electrons. The summed E-state index contributed by atoms with van der Waals surface area (Å²) in [6, 6.07) is 8.32. The van der Waals surface area contributed by atoms with E-state index in [2.05, 4.69) is 27.3 Å². The molecule has 3 N–H and O–H groups in total. The van der Waals surface area contributed by atoms with Gasteiger partial charge in [-0.25, -0.2) is 0 Å². The van der Waals surface area contributed by atoms with Gasteiger partial charge in [-0.3, -0.25) is 9.89 Å². The van der Waals surface area contributed by atoms with Crippen LogP contribution in [0.15, 0.2) is 29.3 Å². The first kappa shape index (κ1) is 20.9. The van der Waals surface area contributed by atoms with Gasteiger partial charge >= 0.3 is 0 Å². The molecule has 7 heteroatoms. The molecule has 2 aliphatic rings. The Kier molecular flexibility index (Phi) is 7.94. The molecule has 0 aromatic heterocycles. The van der Waals surface area contributed by atoms with Crippen molar-refractivity contribution in [1.82, 2.24) is 10.2 Å². The Morgan fingerprint density at radius 3 is 2.50 bits per heavy atom. The van der Waals surface area contributed by atoms with E-state index in [4.69, 9.17) is 19.9 Å². The highest BCUT2D eigenvalue weighted by molar-refractivity contribution is 5.77. The molecule has 156 valence electrons. The van der Waals surface area contributed by atoms with Gasteiger partial charge < -0.3 is 25.3 Å². The third-order valence-electron chi connectivity index (χ3n) is 5.77. The van der Waals surface area contributed by atoms with Gasteiger partial charge in [0, 0.05) is 38.3 Å². The second-order valence-electron chi connectivity index (χ2n) is 7.56. The number of hydrogen-bond donors (Lipinski definition) is 2. The Labute approximate surface area is 168 Å². The van der Waals surface area contributed by atoms with Gasteiger partial charge in [0.2, 0.25) is 0 Å². The Bertz CT molecular complexity index is 609. The van der Waals surface area contributed by atoms with Crippen LogP contribution in [0, 0.1) is 0 Å². The molecule has 2 saturated heterocycles. The molecule has 2 heterocycles. The fraction of sp³-hybridized carbons (Fsp3) is 0.667. The first-order valence-electron chi connectivity index (χ1n) is 10.3. The number of morpholine rings is 1. The highest BCUT2D eigenvalue weighted by Crippen LogP contribution is 2.36. The molecule has 1 aromatic rings. The molecule has 0 atom stereocenters. The maximum absolute atomic E-state index is 6.15. The second kappa shape index (κ2) is 10.6. The highest BCUT2D eigenvalue weighted by atomic mass is 16.5. The SMILES string of the molecule is COc1ccc(C2(CN=C(N)NCCCN3CCOCC3)CCOCC2)cc1. The smallest absolute Gasteiger partial charge is 0.188 e. The van der Waals surface area contributed by atoms with Crippen LogP contribution < -0.4 is 15.8 Å². The summed E-state index contributed by atoms with van der Waals surface area (Å²) < 4.78 is 16.3. The number of ether oxygens (including phenoxy) is 3. The van der Waals surface area contributed by atoms with Gasteiger partial charge in [-0.1, -0.05) is 12.1 Å². The molecule has 28 heavy (non-hydrogen) atoms. The lowest BCUT2D eigenvalue weighted by molar-refractivity contribution is 0.0376. The van der Waals surface area contributed by atoms with Crippen LogP contribution in [0.2, 0.25) is 0 Å². The van der Waals surface area contributed by atoms with E-state index in [9.17, 15) is 0 Å². The Balaban J connectivity index is 1.51. The Morgan fingerprint density at radius 2 is 1.82 bits per heavy atom. The number of nitrogens with two attached hydrogens (primary N) is 1. The van der Waals surface area contributed by atoms with Gasteiger partial charge in [-0.15, -0.1) is 0 Å². The lowest BCUT2D eigenvalue weighted by atomic mass is 9.74. The number of benzene rings is 1. The minimum absolute atomic E-state index is 0.0232. The largest absolute Gasteiger partial charge is 0.497 e. The molecular formula is C21H34N4O3. The number of aliphatic imine (C=N–C) groups is 1. The topological polar surface area (TPSA) is 81.3 Å². The zero-order chi connectivity index (χ0) is 19.7. The third-order valence-corrected chi connectivity index (χ3v) is 5.77. The van der Waals surface area contributed by atoms with Crippen LogP contribution in [0.5, 0.6) is 5.75 Å². The third kappa shape index (κ3) is 5.83. The van der Waals surface area contributed by atoms with E-state index in [1.807, 2.05) is 12.1 Å². The van der Waals surface area contributed by atoms with Crippen molar-refractivity contribution in [3.05, 3.63) is 29.8 Å². The lowest BCUT2D eigenvalue weighted by Gasteiger charge is -2.36. The maximum atomic E-state index is 6.15. The number of guanidine groups is 1. The van der Waals surface area contributed by atoms with Crippen LogP contribution in [0.3, 0.4) is 0 Å². The van der Waals surface area contributed by atoms with Crippen LogP contribution >= 0.6 is 0 Å². The van der Waals surface area contributed by atoms with Gasteiger partial charge in [-0.2, -0.15) is 0 Å². The first-order chi connectivity index (χ1) is 13.7. The standard InChI is InChI=1S/C21H34N4O3/c1-26-19-5-3-18(4-6-19)21(7-13-27-14-8-21)17-24-20(22)23-9-2-10-25-11-15-28-16-12-25/h3-6H,2,7-17H2,1H3,(H3,22,23,24). The summed E-state index contributed by atoms with van der Waals surface area (Å²) in [5, 5.41) is 3.27. The molecule has 2 fully saturated rings. The van der Waals surface area contributed by atoms with E-state index in [1.54, 1.807) is 7.11 Å². The molecule has 7 nitrogen and oxygen atoms in total. The van der Waals surface area contributed by atoms with Gasteiger partial charge in [0.05, 0.1) is 26.9 Å². The van der Waals surface area contributed by atoms with Gasteiger partial charge in [0.1, 0.15) is 5.75 Å². The molecular weight excluding hydrogens is 356 g/mol. The molecule has 0 bridgehead atoms. The van der Waals surface area contributed by atoms with E-state index in [1.165, 1.54) is 5.56 Å². The summed E-state index contributed by atoms with van der Waals surface area (Å²) in [5.74, 6) is 1.40. The normalized spacial score (nSPS) is 20.7. The monoisotopic (exact) mass is 390 g/mol. The predicted molar refractivity (Wildman–Crippen MR) is 111 cm³/mol. The molecule has 3 rings (SSSR count). The summed E-state index contributed by atoms with van der Waals surface area (Å²) in [6.07, 6.45) is 2.95. The van der Waals surface area contributed by atoms with Crippen LogP contribution in [-0.4, -0.2) is 77.1 Å². The van der Waals surface area contributed by atoms with Crippen molar-refractivity contribution in [1.29, 1.82) is 0 Å². The quantitative estimate of drug-likeness (QED) is 0.396. The van der Waals surface area contributed by atoms with Crippen molar-refractivity contribution < 1.29 is 14.2 Å². The van der Waals surface area contributed by atoms with Crippen molar-refractivity contribution in [3.8, 4) is 5.75 Å². The Morgan fingerprint density at radius 1 is 1.14 bits per heavy atom. The minimum Gasteiger partial charge on any atom is -0.497 e. The van der Waals surface area contributed by atoms with Gasteiger partial charge in [0.15, 0.2) is 5.96 Å². The molecule has 0 saturated carbocycles. The number of methoxy groups -OCH3 is 1. The van der Waals surface area contributed by atoms with Crippen LogP contribution in [0.4, 0.5) is 0 Å². The van der Waals surface area contributed by atoms with Crippen molar-refractivity contribution in [3.63, 3.8) is 0 Å². The van der Waals surface area contributed by atoms with Crippen molar-refractivity contribution in [2.75, 3.05) is 66.3 Å². The van der Waals surface area contributed by atoms with E-state index in [0.717, 1.165) is 77.6 Å². The zero-order valence-corrected chi connectivity index (χ0v) is 17.0. The lowest BCUT2D eigenvalue weighted by Crippen LogP contribution is -2.40. The van der Waals surface area contributed by atoms with E-state index in [0.29, 0.717) is 12.5 Å². The number of hydrogen-bond acceptors (Lipinski definition) is 5. The van der Waals surface area contributed by atoms with Gasteiger partial charge in [-0.05, 0) is 43.5 Å². The van der Waals surface area contributed by atoms with E-state index >= 15 is 0 Å². The van der Waals surface area contributed by atoms with Crippen molar-refractivity contribution in [2.24, 2.45) is 10.7 Å². The molecule has 0 amide bonds. The summed E-state index contributed by atoms with van der Waals surface area (Å²) in [7, 11) is 1.69. The summed E-state index contributed by atoms with van der Waals surface area (Å²) in [5.41, 5.74) is 7.40. The Hall–Kier alpha value is -1.83. The van der Waals surface area contributed by atoms with Crippen LogP contribution in [-0.2, 0) is 14.9 Å². The average molecular weight is 391 g/mol. The second-order valence-corrected chi connectivity index (χ2v) is 7.56. The summed E-state index contributed by atoms with van der Waals surface area (Å²) >= 11 is 0. The summed E-state index contributed by atoms with van der Waals surface area (Å²) in [4.78, 5) is 7.12. The highest BCUT2D eigenvalue weighted by Gasteiger charge is 2.34. The minimum atomic E-state index is -0.0232. The molecule has 0 unspecified atom stereocenters. The fourth-order valence-electron chi connectivity index (χ4n) is 3.88. The zero-order valence-electron chi connectivity index (χ0n) is 17.0. The number of rotatable bonds is 8. The maximum Gasteiger partial charge on any atom is 0.188 e. The number of nitrogens with one attached hydrogen (secondary N) is 1. The van der Waals surface area contributed by atoms with Crippen LogP contribution in [0.1, 0.15) is 24.8 Å². The van der Waals surface area contributed by atoms with E-state index in [-0.39, 0.29) is 5.41 Å². The molecule has 0 aliphatic carbocycles. The van der Waals surface area contributed by atoms with Gasteiger partial charge in [0.25, 0.3) is 0 Å². The fourth-order valence-corrected chi connectivity index (χ4v) is 3.88. The molecule has 0 spiro atoms. The number of nitrogens with zero attached hydrogens (tertiary/aromatic N) is 2. The average Bonchev–Trinajstić information content (AvgIpc) is 2.77. The van der Waals surface area contributed by atoms with E-state index < -0.39 is 0 Å². The molecule has 2 aliphatic heterocycles. The predicted octanol–water partition coefficient (Wildman–Crippen LogP) is 1.37. The summed E-state index contributed by atoms with van der Waals surface area (Å²) in [6.45, 7) is 7.82. The molecule has 1 aromatic carbocycles. The van der Waals surface area contributed by atoms with Crippen molar-refractivity contribution >= 4 is 5.96 Å². The van der Waals surface area contributed by atoms with Crippen molar-refractivity contribution in [2.45, 2.75) is 24.7 Å². The van der Waals surface area contributed by atoms with Crippen LogP contribution in [0.25, 0.3) is 0 Å².